The molecule has 0 amide bonds. The van der Waals surface area contributed by atoms with Gasteiger partial charge in [-0.15, -0.1) is 0 Å². The molecule has 2 rings (SSSR count). The molecule has 20 heavy (non-hydrogen) atoms. The summed E-state index contributed by atoms with van der Waals surface area (Å²) in [6.07, 6.45) is 0. The highest BCUT2D eigenvalue weighted by atomic mass is 35.5. The number of sulfonamides is 1. The van der Waals surface area contributed by atoms with Crippen LogP contribution in [0.4, 0.5) is 5.69 Å². The van der Waals surface area contributed by atoms with E-state index in [1.54, 1.807) is 24.3 Å². The minimum Gasteiger partial charge on any atom is -0.280 e. The number of benzene rings is 2. The monoisotopic (exact) mass is 349 g/mol. The molecule has 0 atom stereocenters. The third kappa shape index (κ3) is 3.38. The molecule has 7 heteroatoms. The Labute approximate surface area is 132 Å². The first-order valence-corrected chi connectivity index (χ1v) is 8.15. The second-order valence-electron chi connectivity index (χ2n) is 4.17. The van der Waals surface area contributed by atoms with Crippen molar-refractivity contribution in [1.29, 1.82) is 0 Å². The molecule has 0 saturated carbocycles. The number of rotatable bonds is 3. The van der Waals surface area contributed by atoms with Crippen LogP contribution in [-0.2, 0) is 10.0 Å². The zero-order chi connectivity index (χ0) is 14.9. The van der Waals surface area contributed by atoms with Gasteiger partial charge in [0.05, 0.1) is 15.1 Å². The molecular weight excluding hydrogens is 341 g/mol. The largest absolute Gasteiger partial charge is 0.280 e. The minimum absolute atomic E-state index is 0.0130. The summed E-state index contributed by atoms with van der Waals surface area (Å²) in [5.41, 5.74) is 1.47. The number of hydrogen-bond acceptors (Lipinski definition) is 2. The highest BCUT2D eigenvalue weighted by Gasteiger charge is 2.20. The van der Waals surface area contributed by atoms with Crippen LogP contribution in [0.5, 0.6) is 0 Å². The van der Waals surface area contributed by atoms with Crippen LogP contribution in [0.3, 0.4) is 0 Å². The van der Waals surface area contributed by atoms with Crippen molar-refractivity contribution in [2.45, 2.75) is 11.8 Å². The lowest BCUT2D eigenvalue weighted by Crippen LogP contribution is -2.13. The molecule has 0 bridgehead atoms. The zero-order valence-electron chi connectivity index (χ0n) is 10.3. The van der Waals surface area contributed by atoms with Gasteiger partial charge in [0.1, 0.15) is 4.90 Å². The number of anilines is 1. The van der Waals surface area contributed by atoms with E-state index in [4.69, 9.17) is 34.8 Å². The van der Waals surface area contributed by atoms with Crippen molar-refractivity contribution in [2.24, 2.45) is 0 Å². The van der Waals surface area contributed by atoms with Crippen LogP contribution < -0.4 is 4.72 Å². The highest BCUT2D eigenvalue weighted by molar-refractivity contribution is 7.92. The molecular formula is C13H10Cl3NO2S. The quantitative estimate of drug-likeness (QED) is 0.811. The predicted molar refractivity (Wildman–Crippen MR) is 83.5 cm³/mol. The fourth-order valence-corrected chi connectivity index (χ4v) is 3.60. The lowest BCUT2D eigenvalue weighted by Gasteiger charge is -2.10. The fraction of sp³-hybridized carbons (Fsp3) is 0.0769. The van der Waals surface area contributed by atoms with Crippen molar-refractivity contribution in [3.05, 3.63) is 57.0 Å². The van der Waals surface area contributed by atoms with E-state index in [0.717, 1.165) is 5.56 Å². The summed E-state index contributed by atoms with van der Waals surface area (Å²) in [5.74, 6) is 0. The standard InChI is InChI=1S/C13H10Cl3NO2S/c1-8-2-4-9(5-3-8)17-20(18,19)13-7-11(15)10(14)6-12(13)16/h2-7,17H,1H3. The summed E-state index contributed by atoms with van der Waals surface area (Å²) < 4.78 is 27.0. The van der Waals surface area contributed by atoms with Crippen LogP contribution in [-0.4, -0.2) is 8.42 Å². The van der Waals surface area contributed by atoms with Crippen LogP contribution in [0.2, 0.25) is 15.1 Å². The molecule has 0 saturated heterocycles. The molecule has 106 valence electrons. The van der Waals surface area contributed by atoms with Crippen molar-refractivity contribution < 1.29 is 8.42 Å². The molecule has 0 aliphatic carbocycles. The zero-order valence-corrected chi connectivity index (χ0v) is 13.4. The van der Waals surface area contributed by atoms with Crippen LogP contribution in [0.25, 0.3) is 0 Å². The molecule has 0 aliphatic heterocycles. The van der Waals surface area contributed by atoms with Gasteiger partial charge in [-0.25, -0.2) is 8.42 Å². The maximum Gasteiger partial charge on any atom is 0.263 e. The van der Waals surface area contributed by atoms with E-state index in [2.05, 4.69) is 4.72 Å². The molecule has 3 nitrogen and oxygen atoms in total. The number of nitrogens with one attached hydrogen (secondary N) is 1. The predicted octanol–water partition coefficient (Wildman–Crippen LogP) is 4.76. The van der Waals surface area contributed by atoms with Gasteiger partial charge in [0.25, 0.3) is 10.0 Å². The van der Waals surface area contributed by atoms with Crippen molar-refractivity contribution in [3.8, 4) is 0 Å². The van der Waals surface area contributed by atoms with Crippen molar-refractivity contribution >= 4 is 50.5 Å². The van der Waals surface area contributed by atoms with E-state index in [1.165, 1.54) is 12.1 Å². The van der Waals surface area contributed by atoms with Crippen LogP contribution in [0.1, 0.15) is 5.56 Å². The molecule has 1 N–H and O–H groups in total. The smallest absolute Gasteiger partial charge is 0.263 e. The Hall–Kier alpha value is -0.940. The van der Waals surface area contributed by atoms with Crippen molar-refractivity contribution in [3.63, 3.8) is 0 Å². The second kappa shape index (κ2) is 5.82. The molecule has 0 spiro atoms. The van der Waals surface area contributed by atoms with Gasteiger partial charge in [0.2, 0.25) is 0 Å². The van der Waals surface area contributed by atoms with Gasteiger partial charge >= 0.3 is 0 Å². The van der Waals surface area contributed by atoms with Gasteiger partial charge in [-0.2, -0.15) is 0 Å². The average molecular weight is 351 g/mol. The highest BCUT2D eigenvalue weighted by Crippen LogP contribution is 2.32. The summed E-state index contributed by atoms with van der Waals surface area (Å²) in [5, 5.41) is 0.338. The lowest BCUT2D eigenvalue weighted by molar-refractivity contribution is 0.601. The molecule has 2 aromatic carbocycles. The molecule has 0 aromatic heterocycles. The molecule has 0 heterocycles. The number of halogens is 3. The SMILES string of the molecule is Cc1ccc(NS(=O)(=O)c2cc(Cl)c(Cl)cc2Cl)cc1. The summed E-state index contributed by atoms with van der Waals surface area (Å²) in [6.45, 7) is 1.91. The van der Waals surface area contributed by atoms with E-state index in [0.29, 0.717) is 5.69 Å². The number of aryl methyl sites for hydroxylation is 1. The summed E-state index contributed by atoms with van der Waals surface area (Å²) in [6, 6.07) is 9.46. The minimum atomic E-state index is -3.82. The molecule has 2 aromatic rings. The number of hydrogen-bond donors (Lipinski definition) is 1. The Kier molecular flexibility index (Phi) is 4.49. The Balaban J connectivity index is 2.40. The van der Waals surface area contributed by atoms with Gasteiger partial charge < -0.3 is 0 Å². The molecule has 0 fully saturated rings. The van der Waals surface area contributed by atoms with E-state index in [-0.39, 0.29) is 20.0 Å². The van der Waals surface area contributed by atoms with Gasteiger partial charge in [-0.05, 0) is 31.2 Å². The third-order valence-electron chi connectivity index (χ3n) is 2.57. The first-order valence-electron chi connectivity index (χ1n) is 5.53. The first-order chi connectivity index (χ1) is 9.29. The molecule has 0 aliphatic rings. The Bertz CT molecular complexity index is 743. The fourth-order valence-electron chi connectivity index (χ4n) is 1.54. The topological polar surface area (TPSA) is 46.2 Å². The third-order valence-corrected chi connectivity index (χ3v) is 5.14. The maximum atomic E-state index is 12.3. The van der Waals surface area contributed by atoms with Gasteiger partial charge in [-0.1, -0.05) is 52.5 Å². The van der Waals surface area contributed by atoms with E-state index in [9.17, 15) is 8.42 Å². The molecule has 0 unspecified atom stereocenters. The van der Waals surface area contributed by atoms with Gasteiger partial charge in [0, 0.05) is 5.69 Å². The normalized spacial score (nSPS) is 11.4. The Morgan fingerprint density at radius 1 is 0.900 bits per heavy atom. The summed E-state index contributed by atoms with van der Waals surface area (Å²) >= 11 is 17.5. The summed E-state index contributed by atoms with van der Waals surface area (Å²) in [7, 11) is -3.82. The van der Waals surface area contributed by atoms with Crippen LogP contribution >= 0.6 is 34.8 Å². The molecule has 0 radical (unpaired) electrons. The Morgan fingerprint density at radius 2 is 1.45 bits per heavy atom. The lowest BCUT2D eigenvalue weighted by atomic mass is 10.2. The summed E-state index contributed by atoms with van der Waals surface area (Å²) in [4.78, 5) is -0.117. The average Bonchev–Trinajstić information content (AvgIpc) is 2.36. The maximum absolute atomic E-state index is 12.3. The van der Waals surface area contributed by atoms with E-state index < -0.39 is 10.0 Å². The Morgan fingerprint density at radius 3 is 2.05 bits per heavy atom. The van der Waals surface area contributed by atoms with Gasteiger partial charge in [0.15, 0.2) is 0 Å². The van der Waals surface area contributed by atoms with Crippen LogP contribution in [0.15, 0.2) is 41.3 Å². The second-order valence-corrected chi connectivity index (χ2v) is 7.04. The van der Waals surface area contributed by atoms with Crippen molar-refractivity contribution in [1.82, 2.24) is 0 Å². The first kappa shape index (κ1) is 15.4. The van der Waals surface area contributed by atoms with E-state index in [1.807, 2.05) is 6.92 Å². The van der Waals surface area contributed by atoms with Gasteiger partial charge in [-0.3, -0.25) is 4.72 Å². The van der Waals surface area contributed by atoms with E-state index >= 15 is 0 Å². The van der Waals surface area contributed by atoms with Crippen LogP contribution in [0, 0.1) is 6.92 Å². The van der Waals surface area contributed by atoms with Crippen molar-refractivity contribution in [2.75, 3.05) is 4.72 Å².